The molecule has 27 heavy (non-hydrogen) atoms. The Kier molecular flexibility index (Phi) is 4.15. The first-order valence-corrected chi connectivity index (χ1v) is 8.10. The molecule has 0 unspecified atom stereocenters. The van der Waals surface area contributed by atoms with Crippen molar-refractivity contribution in [3.05, 3.63) is 78.8 Å². The minimum absolute atomic E-state index is 0.149. The molecule has 2 heterocycles. The van der Waals surface area contributed by atoms with Gasteiger partial charge in [-0.25, -0.2) is 0 Å². The summed E-state index contributed by atoms with van der Waals surface area (Å²) in [6, 6.07) is 20.2. The van der Waals surface area contributed by atoms with Crippen LogP contribution in [0.1, 0.15) is 5.82 Å². The van der Waals surface area contributed by atoms with Crippen molar-refractivity contribution in [1.82, 2.24) is 14.6 Å². The normalized spacial score (nSPS) is 11.5. The zero-order valence-corrected chi connectivity index (χ0v) is 13.9. The topological polar surface area (TPSA) is 54.2 Å². The number of fused-ring (bicyclic) bond motifs is 1. The van der Waals surface area contributed by atoms with E-state index < -0.39 is 12.0 Å². The lowest BCUT2D eigenvalue weighted by Gasteiger charge is -2.11. The molecule has 0 aliphatic heterocycles. The second-order valence-electron chi connectivity index (χ2n) is 5.86. The lowest BCUT2D eigenvalue weighted by atomic mass is 10.1. The van der Waals surface area contributed by atoms with E-state index in [1.165, 1.54) is 12.3 Å². The number of anilines is 2. The number of benzene rings is 2. The molecule has 0 saturated heterocycles. The van der Waals surface area contributed by atoms with Crippen molar-refractivity contribution in [2.45, 2.75) is 6.18 Å². The molecule has 2 N–H and O–H groups in total. The van der Waals surface area contributed by atoms with Crippen LogP contribution in [0, 0.1) is 0 Å². The Balaban J connectivity index is 1.56. The van der Waals surface area contributed by atoms with Crippen LogP contribution in [0.25, 0.3) is 16.8 Å². The number of aromatic nitrogens is 3. The number of nitrogens with one attached hydrogen (secondary N) is 2. The first kappa shape index (κ1) is 16.9. The SMILES string of the molecule is FC(F)(F)c1nnc2ccc(-c3ccc(NNc4ccccc4)cc3)cn12. The maximum atomic E-state index is 13.0. The summed E-state index contributed by atoms with van der Waals surface area (Å²) in [6.45, 7) is 0. The van der Waals surface area contributed by atoms with Crippen LogP contribution in [0.15, 0.2) is 72.9 Å². The van der Waals surface area contributed by atoms with Crippen LogP contribution in [-0.4, -0.2) is 14.6 Å². The summed E-state index contributed by atoms with van der Waals surface area (Å²) in [5.74, 6) is -1.04. The van der Waals surface area contributed by atoms with Crippen molar-refractivity contribution >= 4 is 17.0 Å². The molecule has 0 bridgehead atoms. The second-order valence-corrected chi connectivity index (χ2v) is 5.86. The van der Waals surface area contributed by atoms with Gasteiger partial charge in [-0.15, -0.1) is 10.2 Å². The third kappa shape index (κ3) is 3.55. The van der Waals surface area contributed by atoms with E-state index in [2.05, 4.69) is 21.0 Å². The van der Waals surface area contributed by atoms with Crippen molar-refractivity contribution in [2.75, 3.05) is 10.9 Å². The van der Waals surface area contributed by atoms with Gasteiger partial charge in [0.2, 0.25) is 5.82 Å². The van der Waals surface area contributed by atoms with Gasteiger partial charge in [0.15, 0.2) is 5.65 Å². The van der Waals surface area contributed by atoms with Crippen LogP contribution in [0.3, 0.4) is 0 Å². The van der Waals surface area contributed by atoms with E-state index >= 15 is 0 Å². The van der Waals surface area contributed by atoms with Crippen molar-refractivity contribution in [3.8, 4) is 11.1 Å². The third-order valence-corrected chi connectivity index (χ3v) is 4.00. The van der Waals surface area contributed by atoms with Crippen molar-refractivity contribution in [3.63, 3.8) is 0 Å². The summed E-state index contributed by atoms with van der Waals surface area (Å²) in [5.41, 5.74) is 9.44. The second kappa shape index (κ2) is 6.64. The van der Waals surface area contributed by atoms with Crippen LogP contribution in [-0.2, 0) is 6.18 Å². The monoisotopic (exact) mass is 369 g/mol. The smallest absolute Gasteiger partial charge is 0.301 e. The van der Waals surface area contributed by atoms with Crippen LogP contribution >= 0.6 is 0 Å². The third-order valence-electron chi connectivity index (χ3n) is 4.00. The van der Waals surface area contributed by atoms with E-state index in [1.54, 1.807) is 6.07 Å². The lowest BCUT2D eigenvalue weighted by molar-refractivity contribution is -0.145. The summed E-state index contributed by atoms with van der Waals surface area (Å²) in [7, 11) is 0. The van der Waals surface area contributed by atoms with E-state index in [9.17, 15) is 13.2 Å². The summed E-state index contributed by atoms with van der Waals surface area (Å²) in [5, 5.41) is 6.80. The average Bonchev–Trinajstić information content (AvgIpc) is 3.11. The molecule has 0 radical (unpaired) electrons. The molecule has 0 amide bonds. The first-order chi connectivity index (χ1) is 13.0. The van der Waals surface area contributed by atoms with Gasteiger partial charge in [-0.05, 0) is 47.5 Å². The Labute approximate surface area is 152 Å². The Morgan fingerprint density at radius 1 is 0.704 bits per heavy atom. The number of pyridine rings is 1. The molecule has 0 fully saturated rings. The molecule has 0 saturated carbocycles. The van der Waals surface area contributed by atoms with E-state index in [0.29, 0.717) is 5.56 Å². The maximum Gasteiger partial charge on any atom is 0.452 e. The van der Waals surface area contributed by atoms with Gasteiger partial charge in [0.05, 0.1) is 11.4 Å². The van der Waals surface area contributed by atoms with E-state index in [0.717, 1.165) is 21.3 Å². The zero-order valence-electron chi connectivity index (χ0n) is 13.9. The average molecular weight is 369 g/mol. The summed E-state index contributed by atoms with van der Waals surface area (Å²) in [6.07, 6.45) is -3.17. The Morgan fingerprint density at radius 2 is 1.33 bits per heavy atom. The molecule has 4 rings (SSSR count). The Morgan fingerprint density at radius 3 is 2.00 bits per heavy atom. The predicted octanol–water partition coefficient (Wildman–Crippen LogP) is 4.85. The molecule has 2 aromatic heterocycles. The van der Waals surface area contributed by atoms with E-state index in [-0.39, 0.29) is 5.65 Å². The minimum atomic E-state index is -4.56. The fourth-order valence-electron chi connectivity index (χ4n) is 2.67. The van der Waals surface area contributed by atoms with Gasteiger partial charge < -0.3 is 10.9 Å². The Bertz CT molecular complexity index is 1060. The molecule has 0 aliphatic carbocycles. The summed E-state index contributed by atoms with van der Waals surface area (Å²) in [4.78, 5) is 0. The highest BCUT2D eigenvalue weighted by atomic mass is 19.4. The van der Waals surface area contributed by atoms with Gasteiger partial charge in [-0.3, -0.25) is 4.40 Å². The number of hydrogen-bond donors (Lipinski definition) is 2. The molecule has 2 aromatic carbocycles. The van der Waals surface area contributed by atoms with Gasteiger partial charge in [-0.1, -0.05) is 30.3 Å². The van der Waals surface area contributed by atoms with Crippen LogP contribution in [0.4, 0.5) is 24.5 Å². The Hall–Kier alpha value is -3.55. The van der Waals surface area contributed by atoms with Crippen LogP contribution < -0.4 is 10.9 Å². The highest BCUT2D eigenvalue weighted by Crippen LogP contribution is 2.29. The fraction of sp³-hybridized carbons (Fsp3) is 0.0526. The molecule has 5 nitrogen and oxygen atoms in total. The molecule has 136 valence electrons. The van der Waals surface area contributed by atoms with Gasteiger partial charge in [-0.2, -0.15) is 13.2 Å². The van der Waals surface area contributed by atoms with Gasteiger partial charge in [0, 0.05) is 6.20 Å². The number of para-hydroxylation sites is 1. The molecule has 0 atom stereocenters. The fourth-order valence-corrected chi connectivity index (χ4v) is 2.67. The standard InChI is InChI=1S/C19H14F3N5/c20-19(21,22)18-26-25-17-11-8-14(12-27(17)18)13-6-9-16(10-7-13)24-23-15-4-2-1-3-5-15/h1-12,23-24H. The zero-order chi connectivity index (χ0) is 18.9. The van der Waals surface area contributed by atoms with Crippen molar-refractivity contribution in [2.24, 2.45) is 0 Å². The predicted molar refractivity (Wildman–Crippen MR) is 97.1 cm³/mol. The lowest BCUT2D eigenvalue weighted by Crippen LogP contribution is -2.10. The molecular weight excluding hydrogens is 355 g/mol. The number of alkyl halides is 3. The highest BCUT2D eigenvalue weighted by Gasteiger charge is 2.36. The maximum absolute atomic E-state index is 13.0. The quantitative estimate of drug-likeness (QED) is 0.505. The number of halogens is 3. The van der Waals surface area contributed by atoms with Gasteiger partial charge in [0.25, 0.3) is 0 Å². The van der Waals surface area contributed by atoms with E-state index in [1.807, 2.05) is 54.6 Å². The number of nitrogens with zero attached hydrogens (tertiary/aromatic N) is 3. The van der Waals surface area contributed by atoms with Crippen LogP contribution in [0.5, 0.6) is 0 Å². The number of hydrogen-bond acceptors (Lipinski definition) is 4. The molecule has 8 heteroatoms. The number of rotatable bonds is 4. The molecule has 0 spiro atoms. The van der Waals surface area contributed by atoms with Crippen LogP contribution in [0.2, 0.25) is 0 Å². The minimum Gasteiger partial charge on any atom is -0.301 e. The largest absolute Gasteiger partial charge is 0.452 e. The summed E-state index contributed by atoms with van der Waals surface area (Å²) >= 11 is 0. The summed E-state index contributed by atoms with van der Waals surface area (Å²) < 4.78 is 40.0. The molecule has 0 aliphatic rings. The number of hydrazine groups is 1. The molecular formula is C19H14F3N5. The first-order valence-electron chi connectivity index (χ1n) is 8.10. The van der Waals surface area contributed by atoms with Crippen molar-refractivity contribution in [1.29, 1.82) is 0 Å². The van der Waals surface area contributed by atoms with Gasteiger partial charge >= 0.3 is 6.18 Å². The highest BCUT2D eigenvalue weighted by molar-refractivity contribution is 5.67. The molecule has 4 aromatic rings. The van der Waals surface area contributed by atoms with Gasteiger partial charge in [0.1, 0.15) is 0 Å². The van der Waals surface area contributed by atoms with E-state index in [4.69, 9.17) is 0 Å². The van der Waals surface area contributed by atoms with Crippen molar-refractivity contribution < 1.29 is 13.2 Å².